The highest BCUT2D eigenvalue weighted by molar-refractivity contribution is 5.61. The van der Waals surface area contributed by atoms with E-state index < -0.39 is 0 Å². The number of hydrogen-bond donors (Lipinski definition) is 0. The quantitative estimate of drug-likeness (QED) is 0.731. The fourth-order valence-corrected chi connectivity index (χ4v) is 3.28. The highest BCUT2D eigenvalue weighted by Gasteiger charge is 2.31. The maximum Gasteiger partial charge on any atom is 0.0458 e. The molecule has 1 aromatic rings. The summed E-state index contributed by atoms with van der Waals surface area (Å²) in [6.07, 6.45) is 2.55. The van der Waals surface area contributed by atoms with Crippen molar-refractivity contribution in [1.82, 2.24) is 4.90 Å². The molecule has 1 saturated heterocycles. The second-order valence-electron chi connectivity index (χ2n) is 5.43. The van der Waals surface area contributed by atoms with Crippen LogP contribution in [0.5, 0.6) is 0 Å². The topological polar surface area (TPSA) is 6.48 Å². The molecule has 2 aliphatic heterocycles. The SMILES string of the molecule is CCN1CCCN2c3cc(C)ccc3CC2C1. The maximum atomic E-state index is 2.65. The third-order valence-corrected chi connectivity index (χ3v) is 4.24. The van der Waals surface area contributed by atoms with Crippen LogP contribution in [-0.2, 0) is 6.42 Å². The van der Waals surface area contributed by atoms with Gasteiger partial charge in [-0.15, -0.1) is 0 Å². The molecule has 92 valence electrons. The predicted octanol–water partition coefficient (Wildman–Crippen LogP) is 2.45. The van der Waals surface area contributed by atoms with E-state index >= 15 is 0 Å². The fraction of sp³-hybridized carbons (Fsp3) is 0.600. The molecule has 0 bridgehead atoms. The average molecular weight is 230 g/mol. The van der Waals surface area contributed by atoms with Gasteiger partial charge in [0, 0.05) is 24.8 Å². The van der Waals surface area contributed by atoms with Crippen LogP contribution in [0.4, 0.5) is 5.69 Å². The Morgan fingerprint density at radius 3 is 3.00 bits per heavy atom. The van der Waals surface area contributed by atoms with E-state index in [9.17, 15) is 0 Å². The molecule has 0 spiro atoms. The van der Waals surface area contributed by atoms with E-state index in [1.54, 1.807) is 5.56 Å². The Bertz CT molecular complexity index is 413. The third kappa shape index (κ3) is 1.95. The Labute approximate surface area is 104 Å². The molecule has 3 rings (SSSR count). The van der Waals surface area contributed by atoms with Crippen LogP contribution in [0, 0.1) is 6.92 Å². The zero-order chi connectivity index (χ0) is 11.8. The van der Waals surface area contributed by atoms with Gasteiger partial charge in [-0.05, 0) is 50.0 Å². The minimum atomic E-state index is 0.717. The molecule has 0 aromatic heterocycles. The summed E-state index contributed by atoms with van der Waals surface area (Å²) in [6.45, 7) is 9.41. The Kier molecular flexibility index (Phi) is 2.83. The lowest BCUT2D eigenvalue weighted by molar-refractivity contribution is 0.288. The summed E-state index contributed by atoms with van der Waals surface area (Å²) in [5, 5.41) is 0. The summed E-state index contributed by atoms with van der Waals surface area (Å²) < 4.78 is 0. The lowest BCUT2D eigenvalue weighted by atomic mass is 10.1. The maximum absolute atomic E-state index is 2.65. The molecule has 0 amide bonds. The van der Waals surface area contributed by atoms with Crippen LogP contribution < -0.4 is 4.90 Å². The molecule has 0 N–H and O–H groups in total. The summed E-state index contributed by atoms with van der Waals surface area (Å²) in [7, 11) is 0. The van der Waals surface area contributed by atoms with Crippen LogP contribution in [0.1, 0.15) is 24.5 Å². The molecular formula is C15H22N2. The van der Waals surface area contributed by atoms with Gasteiger partial charge in [0.05, 0.1) is 0 Å². The predicted molar refractivity (Wildman–Crippen MR) is 72.7 cm³/mol. The van der Waals surface area contributed by atoms with Crippen molar-refractivity contribution in [1.29, 1.82) is 0 Å². The van der Waals surface area contributed by atoms with Gasteiger partial charge < -0.3 is 9.80 Å². The fourth-order valence-electron chi connectivity index (χ4n) is 3.28. The van der Waals surface area contributed by atoms with Crippen LogP contribution in [-0.4, -0.2) is 37.1 Å². The molecule has 2 aliphatic rings. The molecule has 2 nitrogen and oxygen atoms in total. The molecule has 17 heavy (non-hydrogen) atoms. The number of aryl methyl sites for hydroxylation is 1. The molecule has 2 heterocycles. The van der Waals surface area contributed by atoms with Gasteiger partial charge >= 0.3 is 0 Å². The van der Waals surface area contributed by atoms with Gasteiger partial charge in [-0.2, -0.15) is 0 Å². The minimum Gasteiger partial charge on any atom is -0.367 e. The van der Waals surface area contributed by atoms with Crippen LogP contribution >= 0.6 is 0 Å². The van der Waals surface area contributed by atoms with Gasteiger partial charge in [-0.3, -0.25) is 0 Å². The van der Waals surface area contributed by atoms with Gasteiger partial charge in [-0.1, -0.05) is 19.1 Å². The third-order valence-electron chi connectivity index (χ3n) is 4.24. The van der Waals surface area contributed by atoms with Crippen LogP contribution in [0.2, 0.25) is 0 Å². The van der Waals surface area contributed by atoms with Crippen molar-refractivity contribution < 1.29 is 0 Å². The van der Waals surface area contributed by atoms with Gasteiger partial charge in [-0.25, -0.2) is 0 Å². The second-order valence-corrected chi connectivity index (χ2v) is 5.43. The molecular weight excluding hydrogens is 208 g/mol. The van der Waals surface area contributed by atoms with Crippen molar-refractivity contribution in [2.75, 3.05) is 31.1 Å². The molecule has 1 aromatic carbocycles. The highest BCUT2D eigenvalue weighted by atomic mass is 15.3. The van der Waals surface area contributed by atoms with Gasteiger partial charge in [0.2, 0.25) is 0 Å². The van der Waals surface area contributed by atoms with Crippen LogP contribution in [0.3, 0.4) is 0 Å². The van der Waals surface area contributed by atoms with Crippen molar-refractivity contribution in [3.05, 3.63) is 29.3 Å². The molecule has 1 atom stereocenters. The summed E-state index contributed by atoms with van der Waals surface area (Å²) in [5.74, 6) is 0. The van der Waals surface area contributed by atoms with Gasteiger partial charge in [0.15, 0.2) is 0 Å². The molecule has 0 aliphatic carbocycles. The zero-order valence-corrected chi connectivity index (χ0v) is 10.9. The first-order chi connectivity index (χ1) is 8.28. The van der Waals surface area contributed by atoms with E-state index in [2.05, 4.69) is 41.8 Å². The first-order valence-electron chi connectivity index (χ1n) is 6.86. The first-order valence-corrected chi connectivity index (χ1v) is 6.86. The monoisotopic (exact) mass is 230 g/mol. The number of hydrogen-bond acceptors (Lipinski definition) is 2. The number of likely N-dealkylation sites (N-methyl/N-ethyl adjacent to an activating group) is 1. The van der Waals surface area contributed by atoms with Gasteiger partial charge in [0.25, 0.3) is 0 Å². The number of rotatable bonds is 1. The average Bonchev–Trinajstić information content (AvgIpc) is 2.54. The summed E-state index contributed by atoms with van der Waals surface area (Å²) >= 11 is 0. The summed E-state index contributed by atoms with van der Waals surface area (Å²) in [5.41, 5.74) is 4.45. The van der Waals surface area contributed by atoms with Crippen molar-refractivity contribution >= 4 is 5.69 Å². The standard InChI is InChI=1S/C15H22N2/c1-3-16-7-4-8-17-14(11-16)10-13-6-5-12(2)9-15(13)17/h5-6,9,14H,3-4,7-8,10-11H2,1-2H3. The second kappa shape index (κ2) is 4.34. The minimum absolute atomic E-state index is 0.717. The number of nitrogens with zero attached hydrogens (tertiary/aromatic N) is 2. The lowest BCUT2D eigenvalue weighted by Crippen LogP contribution is -2.38. The van der Waals surface area contributed by atoms with E-state index in [1.165, 1.54) is 50.3 Å². The van der Waals surface area contributed by atoms with E-state index in [4.69, 9.17) is 0 Å². The Morgan fingerprint density at radius 1 is 1.29 bits per heavy atom. The largest absolute Gasteiger partial charge is 0.367 e. The van der Waals surface area contributed by atoms with E-state index in [0.29, 0.717) is 6.04 Å². The molecule has 2 heteroatoms. The molecule has 1 fully saturated rings. The summed E-state index contributed by atoms with van der Waals surface area (Å²) in [6, 6.07) is 7.67. The number of benzene rings is 1. The lowest BCUT2D eigenvalue weighted by Gasteiger charge is -2.27. The Morgan fingerprint density at radius 2 is 2.18 bits per heavy atom. The molecule has 0 radical (unpaired) electrons. The van der Waals surface area contributed by atoms with E-state index in [1.807, 2.05) is 0 Å². The van der Waals surface area contributed by atoms with Crippen LogP contribution in [0.25, 0.3) is 0 Å². The van der Waals surface area contributed by atoms with Crippen molar-refractivity contribution in [2.24, 2.45) is 0 Å². The highest BCUT2D eigenvalue weighted by Crippen LogP contribution is 2.34. The van der Waals surface area contributed by atoms with Gasteiger partial charge in [0.1, 0.15) is 0 Å². The smallest absolute Gasteiger partial charge is 0.0458 e. The summed E-state index contributed by atoms with van der Waals surface area (Å²) in [4.78, 5) is 5.25. The Balaban J connectivity index is 1.89. The van der Waals surface area contributed by atoms with Crippen molar-refractivity contribution in [3.63, 3.8) is 0 Å². The van der Waals surface area contributed by atoms with E-state index in [0.717, 1.165) is 0 Å². The van der Waals surface area contributed by atoms with Crippen LogP contribution in [0.15, 0.2) is 18.2 Å². The molecule has 0 saturated carbocycles. The van der Waals surface area contributed by atoms with E-state index in [-0.39, 0.29) is 0 Å². The number of fused-ring (bicyclic) bond motifs is 3. The normalized spacial score (nSPS) is 24.4. The van der Waals surface area contributed by atoms with Crippen molar-refractivity contribution in [2.45, 2.75) is 32.7 Å². The first kappa shape index (κ1) is 11.1. The zero-order valence-electron chi connectivity index (χ0n) is 10.9. The van der Waals surface area contributed by atoms with Crippen molar-refractivity contribution in [3.8, 4) is 0 Å². The Hall–Kier alpha value is -1.02. The molecule has 1 unspecified atom stereocenters. The number of anilines is 1.